The van der Waals surface area contributed by atoms with Crippen LogP contribution in [0.25, 0.3) is 0 Å². The summed E-state index contributed by atoms with van der Waals surface area (Å²) >= 11 is 5.92. The fourth-order valence-corrected chi connectivity index (χ4v) is 5.03. The fraction of sp³-hybridized carbons (Fsp3) is 0.391. The summed E-state index contributed by atoms with van der Waals surface area (Å²) in [5, 5.41) is 0.586. The maximum atomic E-state index is 13.3. The van der Waals surface area contributed by atoms with Crippen LogP contribution >= 0.6 is 11.6 Å². The third-order valence-corrected chi connectivity index (χ3v) is 6.93. The zero-order valence-electron chi connectivity index (χ0n) is 17.8. The van der Waals surface area contributed by atoms with Gasteiger partial charge in [0.2, 0.25) is 11.8 Å². The van der Waals surface area contributed by atoms with Crippen LogP contribution in [0.4, 0.5) is 11.5 Å². The second-order valence-corrected chi connectivity index (χ2v) is 8.99. The molecule has 9 heteroatoms. The number of fused-ring (bicyclic) bond motifs is 3. The Morgan fingerprint density at radius 3 is 2.56 bits per heavy atom. The molecule has 166 valence electrons. The van der Waals surface area contributed by atoms with Crippen molar-refractivity contribution in [1.29, 1.82) is 0 Å². The highest BCUT2D eigenvalue weighted by molar-refractivity contribution is 6.30. The van der Waals surface area contributed by atoms with Crippen LogP contribution in [-0.4, -0.2) is 70.9 Å². The van der Waals surface area contributed by atoms with Gasteiger partial charge in [-0.1, -0.05) is 23.7 Å². The highest BCUT2D eigenvalue weighted by Crippen LogP contribution is 2.43. The molecule has 1 aromatic carbocycles. The van der Waals surface area contributed by atoms with E-state index in [1.165, 1.54) is 0 Å². The number of hydrogen-bond acceptors (Lipinski definition) is 5. The molecule has 0 N–H and O–H groups in total. The van der Waals surface area contributed by atoms with Gasteiger partial charge in [0.25, 0.3) is 5.91 Å². The number of hydrogen-bond donors (Lipinski definition) is 0. The van der Waals surface area contributed by atoms with Crippen LogP contribution in [0, 0.1) is 0 Å². The lowest BCUT2D eigenvalue weighted by Crippen LogP contribution is -2.64. The van der Waals surface area contributed by atoms with Gasteiger partial charge in [0.05, 0.1) is 16.3 Å². The monoisotopic (exact) mass is 453 g/mol. The van der Waals surface area contributed by atoms with Crippen LogP contribution in [0.15, 0.2) is 42.6 Å². The molecule has 5 rings (SSSR count). The number of aromatic nitrogens is 1. The van der Waals surface area contributed by atoms with Crippen LogP contribution in [0.5, 0.6) is 0 Å². The van der Waals surface area contributed by atoms with Crippen LogP contribution in [0.3, 0.4) is 0 Å². The molecule has 3 aliphatic heterocycles. The van der Waals surface area contributed by atoms with E-state index < -0.39 is 5.66 Å². The number of carbonyl (C=O) groups excluding carboxylic acids is 3. The molecule has 0 saturated carbocycles. The number of nitrogens with zero attached hydrogens (tertiary/aromatic N) is 5. The van der Waals surface area contributed by atoms with E-state index in [4.69, 9.17) is 11.6 Å². The number of rotatable bonds is 3. The van der Waals surface area contributed by atoms with Gasteiger partial charge in [0.1, 0.15) is 18.0 Å². The van der Waals surface area contributed by atoms with Crippen molar-refractivity contribution in [3.63, 3.8) is 0 Å². The van der Waals surface area contributed by atoms with Crippen molar-refractivity contribution in [3.05, 3.63) is 53.2 Å². The normalized spacial score (nSPS) is 22.8. The third kappa shape index (κ3) is 3.30. The summed E-state index contributed by atoms with van der Waals surface area (Å²) in [6.45, 7) is 4.22. The highest BCUT2D eigenvalue weighted by atomic mass is 35.5. The van der Waals surface area contributed by atoms with E-state index in [0.717, 1.165) is 5.82 Å². The number of carbonyl (C=O) groups is 3. The number of amides is 3. The van der Waals surface area contributed by atoms with E-state index in [9.17, 15) is 14.4 Å². The van der Waals surface area contributed by atoms with Gasteiger partial charge in [-0.2, -0.15) is 0 Å². The molecule has 8 nitrogen and oxygen atoms in total. The van der Waals surface area contributed by atoms with Gasteiger partial charge < -0.3 is 14.7 Å². The summed E-state index contributed by atoms with van der Waals surface area (Å²) in [7, 11) is 0. The first-order valence-electron chi connectivity index (χ1n) is 10.8. The third-order valence-electron chi connectivity index (χ3n) is 6.71. The van der Waals surface area contributed by atoms with E-state index in [1.54, 1.807) is 45.2 Å². The minimum absolute atomic E-state index is 0.0195. The standard InChI is InChI=1S/C23H24ClN5O3/c1-23-9-8-20(30)29(23)18-5-3-2-4-17(18)22(32)28(23)15-21(31)27-12-10-26(11-13-27)19-7-6-16(24)14-25-19/h2-7,14H,8-13,15H2,1H3. The number of piperazine rings is 1. The number of para-hydroxylation sites is 1. The summed E-state index contributed by atoms with van der Waals surface area (Å²) in [5.41, 5.74) is 0.273. The first-order chi connectivity index (χ1) is 15.4. The lowest BCUT2D eigenvalue weighted by atomic mass is 9.98. The Labute approximate surface area is 191 Å². The van der Waals surface area contributed by atoms with Crippen molar-refractivity contribution in [1.82, 2.24) is 14.8 Å². The van der Waals surface area contributed by atoms with Crippen LogP contribution in [0.1, 0.15) is 30.1 Å². The Hall–Kier alpha value is -3.13. The first-order valence-corrected chi connectivity index (χ1v) is 11.1. The second kappa shape index (κ2) is 7.78. The minimum Gasteiger partial charge on any atom is -0.353 e. The van der Waals surface area contributed by atoms with Crippen molar-refractivity contribution in [2.45, 2.75) is 25.4 Å². The average Bonchev–Trinajstić information content (AvgIpc) is 3.12. The molecule has 2 aromatic rings. The largest absolute Gasteiger partial charge is 0.353 e. The Balaban J connectivity index is 1.32. The molecule has 2 saturated heterocycles. The van der Waals surface area contributed by atoms with Crippen molar-refractivity contribution in [3.8, 4) is 0 Å². The van der Waals surface area contributed by atoms with E-state index in [-0.39, 0.29) is 24.3 Å². The number of benzene rings is 1. The zero-order valence-corrected chi connectivity index (χ0v) is 18.6. The van der Waals surface area contributed by atoms with E-state index in [2.05, 4.69) is 9.88 Å². The molecular formula is C23H24ClN5O3. The SMILES string of the molecule is CC12CCC(=O)N1c1ccccc1C(=O)N2CC(=O)N1CCN(c2ccc(Cl)cn2)CC1. The molecule has 1 atom stereocenters. The summed E-state index contributed by atoms with van der Waals surface area (Å²) in [4.78, 5) is 50.7. The zero-order chi connectivity index (χ0) is 22.5. The smallest absolute Gasteiger partial charge is 0.258 e. The van der Waals surface area contributed by atoms with Gasteiger partial charge in [0, 0.05) is 38.8 Å². The van der Waals surface area contributed by atoms with E-state index in [1.807, 2.05) is 19.1 Å². The molecule has 0 radical (unpaired) electrons. The Kier molecular flexibility index (Phi) is 5.04. The molecule has 2 fully saturated rings. The average molecular weight is 454 g/mol. The number of anilines is 2. The summed E-state index contributed by atoms with van der Waals surface area (Å²) in [6.07, 6.45) is 2.48. The van der Waals surface area contributed by atoms with Crippen LogP contribution in [0.2, 0.25) is 5.02 Å². The maximum absolute atomic E-state index is 13.3. The van der Waals surface area contributed by atoms with Crippen molar-refractivity contribution in [2.24, 2.45) is 0 Å². The van der Waals surface area contributed by atoms with Crippen molar-refractivity contribution in [2.75, 3.05) is 42.5 Å². The number of halogens is 1. The topological polar surface area (TPSA) is 77.1 Å². The predicted molar refractivity (Wildman–Crippen MR) is 121 cm³/mol. The molecule has 0 aliphatic carbocycles. The molecule has 0 bridgehead atoms. The van der Waals surface area contributed by atoms with E-state index in [0.29, 0.717) is 55.3 Å². The number of pyridine rings is 1. The maximum Gasteiger partial charge on any atom is 0.258 e. The van der Waals surface area contributed by atoms with Crippen LogP contribution < -0.4 is 9.80 Å². The molecular weight excluding hydrogens is 430 g/mol. The Morgan fingerprint density at radius 2 is 1.84 bits per heavy atom. The molecule has 1 unspecified atom stereocenters. The van der Waals surface area contributed by atoms with Gasteiger partial charge in [-0.3, -0.25) is 19.3 Å². The predicted octanol–water partition coefficient (Wildman–Crippen LogP) is 2.38. The summed E-state index contributed by atoms with van der Waals surface area (Å²) in [6, 6.07) is 10.8. The molecule has 0 spiro atoms. The van der Waals surface area contributed by atoms with Crippen LogP contribution in [-0.2, 0) is 9.59 Å². The lowest BCUT2D eigenvalue weighted by Gasteiger charge is -2.49. The van der Waals surface area contributed by atoms with Gasteiger partial charge in [-0.15, -0.1) is 0 Å². The Bertz CT molecular complexity index is 1080. The second-order valence-electron chi connectivity index (χ2n) is 8.56. The molecule has 3 amide bonds. The molecule has 4 heterocycles. The quantitative estimate of drug-likeness (QED) is 0.713. The minimum atomic E-state index is -0.826. The van der Waals surface area contributed by atoms with Crippen molar-refractivity contribution < 1.29 is 14.4 Å². The fourth-order valence-electron chi connectivity index (χ4n) is 4.92. The van der Waals surface area contributed by atoms with Gasteiger partial charge >= 0.3 is 0 Å². The summed E-state index contributed by atoms with van der Waals surface area (Å²) in [5.74, 6) is 0.499. The molecule has 3 aliphatic rings. The molecule has 1 aromatic heterocycles. The van der Waals surface area contributed by atoms with Crippen molar-refractivity contribution >= 4 is 40.8 Å². The lowest BCUT2D eigenvalue weighted by molar-refractivity contribution is -0.133. The Morgan fingerprint density at radius 1 is 1.09 bits per heavy atom. The van der Waals surface area contributed by atoms with E-state index >= 15 is 0 Å². The highest BCUT2D eigenvalue weighted by Gasteiger charge is 2.53. The summed E-state index contributed by atoms with van der Waals surface area (Å²) < 4.78 is 0. The van der Waals surface area contributed by atoms with Gasteiger partial charge in [-0.25, -0.2) is 4.98 Å². The first kappa shape index (κ1) is 20.8. The van der Waals surface area contributed by atoms with Gasteiger partial charge in [0.15, 0.2) is 0 Å². The van der Waals surface area contributed by atoms with Gasteiger partial charge in [-0.05, 0) is 37.6 Å². The molecule has 32 heavy (non-hydrogen) atoms.